The minimum absolute atomic E-state index is 0.476. The predicted molar refractivity (Wildman–Crippen MR) is 68.3 cm³/mol. The van der Waals surface area contributed by atoms with Gasteiger partial charge in [-0.1, -0.05) is 0 Å². The molecule has 1 aromatic rings. The lowest BCUT2D eigenvalue weighted by molar-refractivity contribution is 0.0636. The summed E-state index contributed by atoms with van der Waals surface area (Å²) in [7, 11) is 0. The number of rotatable bonds is 3. The molecule has 2 N–H and O–H groups in total. The van der Waals surface area contributed by atoms with Gasteiger partial charge in [0.1, 0.15) is 11.4 Å². The number of hydrogen-bond donors (Lipinski definition) is 2. The maximum Gasteiger partial charge on any atom is 0.412 e. The molecule has 1 heterocycles. The molecule has 1 aromatic heterocycles. The number of carbonyl (C=O) groups is 1. The topological polar surface area (TPSA) is 63.2 Å². The molecule has 0 bridgehead atoms. The van der Waals surface area contributed by atoms with E-state index in [1.807, 2.05) is 27.7 Å². The minimum Gasteiger partial charge on any atom is -0.444 e. The maximum absolute atomic E-state index is 11.5. The highest BCUT2D eigenvalue weighted by molar-refractivity contribution is 5.84. The van der Waals surface area contributed by atoms with Gasteiger partial charge in [0.2, 0.25) is 0 Å². The summed E-state index contributed by atoms with van der Waals surface area (Å²) < 4.78 is 5.13. The van der Waals surface area contributed by atoms with Crippen LogP contribution in [-0.4, -0.2) is 23.2 Å². The molecule has 1 rings (SSSR count). The van der Waals surface area contributed by atoms with Crippen LogP contribution in [0.3, 0.4) is 0 Å². The first-order valence-electron chi connectivity index (χ1n) is 5.60. The third-order valence-corrected chi connectivity index (χ3v) is 1.77. The van der Waals surface area contributed by atoms with Crippen LogP contribution in [0.4, 0.5) is 16.3 Å². The second-order valence-corrected chi connectivity index (χ2v) is 4.59. The van der Waals surface area contributed by atoms with E-state index < -0.39 is 11.7 Å². The summed E-state index contributed by atoms with van der Waals surface area (Å²) >= 11 is 0. The number of amides is 1. The molecule has 0 spiro atoms. The van der Waals surface area contributed by atoms with Crippen molar-refractivity contribution >= 4 is 17.6 Å². The van der Waals surface area contributed by atoms with Crippen molar-refractivity contribution in [2.45, 2.75) is 33.3 Å². The lowest BCUT2D eigenvalue weighted by Gasteiger charge is -2.19. The van der Waals surface area contributed by atoms with Gasteiger partial charge in [-0.05, 0) is 39.8 Å². The van der Waals surface area contributed by atoms with E-state index in [2.05, 4.69) is 15.6 Å². The molecular weight excluding hydrogens is 218 g/mol. The average molecular weight is 237 g/mol. The highest BCUT2D eigenvalue weighted by Gasteiger charge is 2.16. The Labute approximate surface area is 102 Å². The Bertz CT molecular complexity index is 368. The van der Waals surface area contributed by atoms with Gasteiger partial charge in [0.25, 0.3) is 0 Å². The first-order valence-corrected chi connectivity index (χ1v) is 5.60. The van der Waals surface area contributed by atoms with Gasteiger partial charge in [-0.15, -0.1) is 0 Å². The van der Waals surface area contributed by atoms with Crippen molar-refractivity contribution in [3.63, 3.8) is 0 Å². The number of anilines is 2. The van der Waals surface area contributed by atoms with E-state index in [0.717, 1.165) is 12.4 Å². The van der Waals surface area contributed by atoms with Crippen LogP contribution in [0.5, 0.6) is 0 Å². The van der Waals surface area contributed by atoms with Crippen molar-refractivity contribution in [1.29, 1.82) is 0 Å². The van der Waals surface area contributed by atoms with Crippen LogP contribution in [0.2, 0.25) is 0 Å². The van der Waals surface area contributed by atoms with Gasteiger partial charge < -0.3 is 10.1 Å². The first-order chi connectivity index (χ1) is 7.90. The lowest BCUT2D eigenvalue weighted by atomic mass is 10.2. The number of nitrogens with zero attached hydrogens (tertiary/aromatic N) is 1. The SMILES string of the molecule is CCNc1ccc(NC(=O)OC(C)(C)C)cn1. The molecule has 5 heteroatoms. The fourth-order valence-electron chi connectivity index (χ4n) is 1.17. The number of nitrogens with one attached hydrogen (secondary N) is 2. The first kappa shape index (κ1) is 13.3. The molecule has 0 unspecified atom stereocenters. The number of pyridine rings is 1. The zero-order chi connectivity index (χ0) is 12.9. The average Bonchev–Trinajstić information content (AvgIpc) is 2.18. The van der Waals surface area contributed by atoms with Crippen LogP contribution < -0.4 is 10.6 Å². The summed E-state index contributed by atoms with van der Waals surface area (Å²) in [5, 5.41) is 5.69. The summed E-state index contributed by atoms with van der Waals surface area (Å²) in [6.45, 7) is 8.26. The van der Waals surface area contributed by atoms with E-state index in [4.69, 9.17) is 4.74 Å². The molecule has 0 aromatic carbocycles. The molecule has 0 aliphatic carbocycles. The molecule has 1 amide bonds. The van der Waals surface area contributed by atoms with Crippen LogP contribution in [-0.2, 0) is 4.74 Å². The smallest absolute Gasteiger partial charge is 0.412 e. The van der Waals surface area contributed by atoms with E-state index in [1.54, 1.807) is 18.3 Å². The van der Waals surface area contributed by atoms with Crippen LogP contribution in [0.25, 0.3) is 0 Å². The number of hydrogen-bond acceptors (Lipinski definition) is 4. The van der Waals surface area contributed by atoms with Crippen LogP contribution in [0, 0.1) is 0 Å². The molecule has 0 fully saturated rings. The molecule has 0 radical (unpaired) electrons. The van der Waals surface area contributed by atoms with E-state index >= 15 is 0 Å². The second kappa shape index (κ2) is 5.52. The lowest BCUT2D eigenvalue weighted by Crippen LogP contribution is -2.27. The van der Waals surface area contributed by atoms with Crippen molar-refractivity contribution in [1.82, 2.24) is 4.98 Å². The van der Waals surface area contributed by atoms with Crippen molar-refractivity contribution in [3.8, 4) is 0 Å². The van der Waals surface area contributed by atoms with E-state index in [-0.39, 0.29) is 0 Å². The van der Waals surface area contributed by atoms with Gasteiger partial charge in [-0.25, -0.2) is 9.78 Å². The Morgan fingerprint density at radius 1 is 1.41 bits per heavy atom. The normalized spacial score (nSPS) is 10.8. The number of aromatic nitrogens is 1. The number of ether oxygens (including phenoxy) is 1. The van der Waals surface area contributed by atoms with Crippen molar-refractivity contribution in [3.05, 3.63) is 18.3 Å². The fourth-order valence-corrected chi connectivity index (χ4v) is 1.17. The Kier molecular flexibility index (Phi) is 4.31. The zero-order valence-corrected chi connectivity index (χ0v) is 10.7. The van der Waals surface area contributed by atoms with Crippen molar-refractivity contribution < 1.29 is 9.53 Å². The van der Waals surface area contributed by atoms with Gasteiger partial charge in [-0.2, -0.15) is 0 Å². The summed E-state index contributed by atoms with van der Waals surface area (Å²) in [5.74, 6) is 0.780. The van der Waals surface area contributed by atoms with Gasteiger partial charge in [-0.3, -0.25) is 5.32 Å². The van der Waals surface area contributed by atoms with Crippen LogP contribution >= 0.6 is 0 Å². The third-order valence-electron chi connectivity index (χ3n) is 1.77. The summed E-state index contributed by atoms with van der Waals surface area (Å²) in [6, 6.07) is 3.57. The molecule has 5 nitrogen and oxygen atoms in total. The molecule has 0 saturated heterocycles. The number of carbonyl (C=O) groups excluding carboxylic acids is 1. The molecule has 0 aliphatic rings. The van der Waals surface area contributed by atoms with Gasteiger partial charge in [0.15, 0.2) is 0 Å². The maximum atomic E-state index is 11.5. The van der Waals surface area contributed by atoms with Gasteiger partial charge in [0, 0.05) is 6.54 Å². The Balaban J connectivity index is 2.54. The predicted octanol–water partition coefficient (Wildman–Crippen LogP) is 2.86. The molecule has 94 valence electrons. The van der Waals surface area contributed by atoms with Gasteiger partial charge in [0.05, 0.1) is 11.9 Å². The zero-order valence-electron chi connectivity index (χ0n) is 10.7. The highest BCUT2D eigenvalue weighted by atomic mass is 16.6. The monoisotopic (exact) mass is 237 g/mol. The molecule has 0 saturated carbocycles. The fraction of sp³-hybridized carbons (Fsp3) is 0.500. The standard InChI is InChI=1S/C12H19N3O2/c1-5-13-10-7-6-9(8-14-10)15-11(16)17-12(2,3)4/h6-8H,5H2,1-4H3,(H,13,14)(H,15,16). The van der Waals surface area contributed by atoms with Crippen molar-refractivity contribution in [2.75, 3.05) is 17.2 Å². The highest BCUT2D eigenvalue weighted by Crippen LogP contribution is 2.12. The van der Waals surface area contributed by atoms with Crippen molar-refractivity contribution in [2.24, 2.45) is 0 Å². The summed E-state index contributed by atoms with van der Waals surface area (Å²) in [5.41, 5.74) is 0.113. The van der Waals surface area contributed by atoms with E-state index in [0.29, 0.717) is 5.69 Å². The Hall–Kier alpha value is -1.78. The molecular formula is C12H19N3O2. The molecule has 0 aliphatic heterocycles. The Morgan fingerprint density at radius 2 is 2.12 bits per heavy atom. The minimum atomic E-state index is -0.499. The summed E-state index contributed by atoms with van der Waals surface area (Å²) in [6.07, 6.45) is 1.11. The second-order valence-electron chi connectivity index (χ2n) is 4.59. The third kappa shape index (κ3) is 5.19. The van der Waals surface area contributed by atoms with E-state index in [1.165, 1.54) is 0 Å². The Morgan fingerprint density at radius 3 is 2.59 bits per heavy atom. The summed E-state index contributed by atoms with van der Waals surface area (Å²) in [4.78, 5) is 15.6. The molecule has 0 atom stereocenters. The van der Waals surface area contributed by atoms with Crippen LogP contribution in [0.1, 0.15) is 27.7 Å². The quantitative estimate of drug-likeness (QED) is 0.848. The largest absolute Gasteiger partial charge is 0.444 e. The van der Waals surface area contributed by atoms with Crippen LogP contribution in [0.15, 0.2) is 18.3 Å². The van der Waals surface area contributed by atoms with E-state index in [9.17, 15) is 4.79 Å². The molecule has 17 heavy (non-hydrogen) atoms. The van der Waals surface area contributed by atoms with Gasteiger partial charge >= 0.3 is 6.09 Å².